The maximum Gasteiger partial charge on any atom is 0.133 e. The van der Waals surface area contributed by atoms with Crippen LogP contribution in [0.4, 0.5) is 0 Å². The summed E-state index contributed by atoms with van der Waals surface area (Å²) in [6.07, 6.45) is 1.48. The number of hydrogen-bond donors (Lipinski definition) is 0. The Bertz CT molecular complexity index is 463. The summed E-state index contributed by atoms with van der Waals surface area (Å²) in [7, 11) is 0. The smallest absolute Gasteiger partial charge is 0.133 e. The number of benzene rings is 1. The monoisotopic (exact) mass is 231 g/mol. The minimum absolute atomic E-state index is 0.673. The molecule has 0 unspecified atom stereocenters. The molecule has 0 N–H and O–H groups in total. The average Bonchev–Trinajstić information content (AvgIpc) is 2.69. The third-order valence-corrected chi connectivity index (χ3v) is 2.62. The molecular weight excluding hydrogens is 214 g/mol. The lowest BCUT2D eigenvalue weighted by Gasteiger charge is -2.10. The largest absolute Gasteiger partial charge is 0.494 e. The summed E-state index contributed by atoms with van der Waals surface area (Å²) in [5.41, 5.74) is 3.35. The normalized spacial score (nSPS) is 14.5. The summed E-state index contributed by atoms with van der Waals surface area (Å²) >= 11 is 0. The van der Waals surface area contributed by atoms with Crippen LogP contribution in [0.25, 0.3) is 0 Å². The van der Waals surface area contributed by atoms with E-state index in [1.165, 1.54) is 5.56 Å². The predicted octanol–water partition coefficient (Wildman–Crippen LogP) is 3.23. The predicted molar refractivity (Wildman–Crippen MR) is 68.3 cm³/mol. The number of oxime groups is 1. The highest BCUT2D eigenvalue weighted by Crippen LogP contribution is 2.24. The Morgan fingerprint density at radius 3 is 2.94 bits per heavy atom. The molecule has 0 saturated carbocycles. The van der Waals surface area contributed by atoms with Gasteiger partial charge < -0.3 is 9.57 Å². The zero-order chi connectivity index (χ0) is 12.3. The Labute approximate surface area is 102 Å². The van der Waals surface area contributed by atoms with Crippen molar-refractivity contribution in [3.05, 3.63) is 41.7 Å². The Kier molecular flexibility index (Phi) is 3.47. The fourth-order valence-electron chi connectivity index (χ4n) is 1.83. The summed E-state index contributed by atoms with van der Waals surface area (Å²) in [6.45, 7) is 8.47. The van der Waals surface area contributed by atoms with E-state index in [1.54, 1.807) is 0 Å². The Hall–Kier alpha value is -1.77. The summed E-state index contributed by atoms with van der Waals surface area (Å²) in [5, 5.41) is 4.00. The molecule has 3 nitrogen and oxygen atoms in total. The Balaban J connectivity index is 2.17. The van der Waals surface area contributed by atoms with Gasteiger partial charge in [-0.3, -0.25) is 0 Å². The van der Waals surface area contributed by atoms with E-state index in [0.717, 1.165) is 29.9 Å². The first kappa shape index (κ1) is 11.7. The molecule has 0 spiro atoms. The van der Waals surface area contributed by atoms with Gasteiger partial charge in [-0.1, -0.05) is 23.9 Å². The number of ether oxygens (including phenoxy) is 1. The van der Waals surface area contributed by atoms with Gasteiger partial charge in [0.2, 0.25) is 0 Å². The fourth-order valence-corrected chi connectivity index (χ4v) is 1.83. The maximum absolute atomic E-state index is 5.64. The first-order valence-electron chi connectivity index (χ1n) is 5.82. The Morgan fingerprint density at radius 2 is 2.29 bits per heavy atom. The second-order valence-corrected chi connectivity index (χ2v) is 4.19. The van der Waals surface area contributed by atoms with Crippen LogP contribution in [-0.2, 0) is 11.3 Å². The lowest BCUT2D eigenvalue weighted by atomic mass is 10.0. The summed E-state index contributed by atoms with van der Waals surface area (Å²) in [5.74, 6) is 1.65. The van der Waals surface area contributed by atoms with Crippen LogP contribution in [0, 0.1) is 6.92 Å². The molecule has 0 saturated heterocycles. The minimum Gasteiger partial charge on any atom is -0.494 e. The van der Waals surface area contributed by atoms with Gasteiger partial charge in [0.15, 0.2) is 0 Å². The SMILES string of the molecule is C=C1CC(Cc2ccc(C)cc2OCC)=NO1. The molecule has 1 heterocycles. The van der Waals surface area contributed by atoms with Gasteiger partial charge in [0.05, 0.1) is 18.7 Å². The molecule has 0 aromatic heterocycles. The van der Waals surface area contributed by atoms with Gasteiger partial charge >= 0.3 is 0 Å². The highest BCUT2D eigenvalue weighted by Gasteiger charge is 2.15. The van der Waals surface area contributed by atoms with Crippen LogP contribution in [0.2, 0.25) is 0 Å². The van der Waals surface area contributed by atoms with Crippen LogP contribution >= 0.6 is 0 Å². The van der Waals surface area contributed by atoms with Crippen LogP contribution in [0.5, 0.6) is 5.75 Å². The van der Waals surface area contributed by atoms with E-state index >= 15 is 0 Å². The second-order valence-electron chi connectivity index (χ2n) is 4.19. The molecule has 0 atom stereocenters. The molecule has 1 aliphatic rings. The van der Waals surface area contributed by atoms with E-state index in [4.69, 9.17) is 9.57 Å². The van der Waals surface area contributed by atoms with E-state index in [0.29, 0.717) is 12.4 Å². The molecule has 0 amide bonds. The zero-order valence-electron chi connectivity index (χ0n) is 10.3. The summed E-state index contributed by atoms with van der Waals surface area (Å²) < 4.78 is 5.64. The van der Waals surface area contributed by atoms with Crippen LogP contribution < -0.4 is 4.74 Å². The van der Waals surface area contributed by atoms with Crippen molar-refractivity contribution in [2.45, 2.75) is 26.7 Å². The molecule has 1 aromatic rings. The summed E-state index contributed by atoms with van der Waals surface area (Å²) in [4.78, 5) is 5.01. The quantitative estimate of drug-likeness (QED) is 0.796. The topological polar surface area (TPSA) is 30.8 Å². The molecule has 17 heavy (non-hydrogen) atoms. The molecule has 2 rings (SSSR count). The molecule has 0 radical (unpaired) electrons. The van der Waals surface area contributed by atoms with Crippen molar-refractivity contribution < 1.29 is 9.57 Å². The van der Waals surface area contributed by atoms with Crippen molar-refractivity contribution in [1.82, 2.24) is 0 Å². The molecule has 0 fully saturated rings. The number of aryl methyl sites for hydroxylation is 1. The third-order valence-electron chi connectivity index (χ3n) is 2.62. The van der Waals surface area contributed by atoms with Gasteiger partial charge in [0.25, 0.3) is 0 Å². The molecule has 0 aliphatic carbocycles. The average molecular weight is 231 g/mol. The van der Waals surface area contributed by atoms with E-state index in [2.05, 4.69) is 36.9 Å². The zero-order valence-corrected chi connectivity index (χ0v) is 10.3. The van der Waals surface area contributed by atoms with Crippen molar-refractivity contribution in [2.75, 3.05) is 6.61 Å². The van der Waals surface area contributed by atoms with Gasteiger partial charge in [-0.05, 0) is 31.0 Å². The van der Waals surface area contributed by atoms with E-state index in [-0.39, 0.29) is 0 Å². The van der Waals surface area contributed by atoms with E-state index < -0.39 is 0 Å². The first-order valence-corrected chi connectivity index (χ1v) is 5.82. The van der Waals surface area contributed by atoms with Gasteiger partial charge in [0, 0.05) is 6.42 Å². The lowest BCUT2D eigenvalue weighted by molar-refractivity contribution is 0.246. The second kappa shape index (κ2) is 5.04. The minimum atomic E-state index is 0.673. The van der Waals surface area contributed by atoms with Gasteiger partial charge in [-0.2, -0.15) is 0 Å². The van der Waals surface area contributed by atoms with E-state index in [9.17, 15) is 0 Å². The van der Waals surface area contributed by atoms with Crippen molar-refractivity contribution in [1.29, 1.82) is 0 Å². The summed E-state index contributed by atoms with van der Waals surface area (Å²) in [6, 6.07) is 6.23. The van der Waals surface area contributed by atoms with Gasteiger partial charge in [-0.25, -0.2) is 0 Å². The number of nitrogens with zero attached hydrogens (tertiary/aromatic N) is 1. The highest BCUT2D eigenvalue weighted by molar-refractivity contribution is 5.89. The van der Waals surface area contributed by atoms with Crippen molar-refractivity contribution in [3.8, 4) is 5.75 Å². The van der Waals surface area contributed by atoms with Crippen LogP contribution in [0.3, 0.4) is 0 Å². The van der Waals surface area contributed by atoms with Crippen molar-refractivity contribution in [2.24, 2.45) is 5.16 Å². The molecular formula is C14H17NO2. The molecule has 90 valence electrons. The molecule has 1 aliphatic heterocycles. The first-order chi connectivity index (χ1) is 8.19. The lowest BCUT2D eigenvalue weighted by Crippen LogP contribution is -2.03. The van der Waals surface area contributed by atoms with Gasteiger partial charge in [0.1, 0.15) is 11.5 Å². The maximum atomic E-state index is 5.64. The molecule has 0 bridgehead atoms. The third kappa shape index (κ3) is 2.87. The highest BCUT2D eigenvalue weighted by atomic mass is 16.6. The standard InChI is InChI=1S/C14H17NO2/c1-4-16-14-7-10(2)5-6-12(14)9-13-8-11(3)17-15-13/h5-7H,3-4,8-9H2,1-2H3. The van der Waals surface area contributed by atoms with Crippen LogP contribution in [-0.4, -0.2) is 12.3 Å². The van der Waals surface area contributed by atoms with Crippen LogP contribution in [0.1, 0.15) is 24.5 Å². The molecule has 3 heteroatoms. The Morgan fingerprint density at radius 1 is 1.47 bits per heavy atom. The van der Waals surface area contributed by atoms with E-state index in [1.807, 2.05) is 6.92 Å². The molecule has 1 aromatic carbocycles. The number of hydrogen-bond acceptors (Lipinski definition) is 3. The van der Waals surface area contributed by atoms with Crippen molar-refractivity contribution in [3.63, 3.8) is 0 Å². The fraction of sp³-hybridized carbons (Fsp3) is 0.357. The van der Waals surface area contributed by atoms with Crippen LogP contribution in [0.15, 0.2) is 35.7 Å². The number of rotatable bonds is 4. The van der Waals surface area contributed by atoms with Gasteiger partial charge in [-0.15, -0.1) is 0 Å². The number of allylic oxidation sites excluding steroid dienone is 1. The van der Waals surface area contributed by atoms with Crippen molar-refractivity contribution >= 4 is 5.71 Å².